The van der Waals surface area contributed by atoms with Crippen LogP contribution in [0.5, 0.6) is 0 Å². The molecule has 18 heavy (non-hydrogen) atoms. The van der Waals surface area contributed by atoms with Crippen molar-refractivity contribution in [3.63, 3.8) is 0 Å². The lowest BCUT2D eigenvalue weighted by atomic mass is 10.3. The van der Waals surface area contributed by atoms with Gasteiger partial charge in [-0.3, -0.25) is 0 Å². The number of benzene rings is 1. The van der Waals surface area contributed by atoms with Gasteiger partial charge in [0.25, 0.3) is 0 Å². The van der Waals surface area contributed by atoms with Crippen LogP contribution in [0.2, 0.25) is 10.0 Å². The van der Waals surface area contributed by atoms with Gasteiger partial charge in [0.1, 0.15) is 0 Å². The van der Waals surface area contributed by atoms with Crippen LogP contribution in [0.3, 0.4) is 0 Å². The van der Waals surface area contributed by atoms with Gasteiger partial charge in [0.05, 0.1) is 16.4 Å². The molecule has 2 rings (SSSR count). The van der Waals surface area contributed by atoms with E-state index in [0.29, 0.717) is 10.0 Å². The number of aromatic nitrogens is 2. The van der Waals surface area contributed by atoms with Crippen LogP contribution in [0, 0.1) is 6.92 Å². The Morgan fingerprint density at radius 1 is 1.33 bits per heavy atom. The first-order chi connectivity index (χ1) is 8.60. The fraction of sp³-hybridized carbons (Fsp3) is 0.308. The van der Waals surface area contributed by atoms with Crippen LogP contribution in [0.15, 0.2) is 24.4 Å². The normalized spacial score (nSPS) is 10.7. The number of anilines is 2. The molecule has 1 N–H and O–H groups in total. The van der Waals surface area contributed by atoms with Gasteiger partial charge in [-0.25, -0.2) is 4.98 Å². The molecule has 5 heteroatoms. The minimum absolute atomic E-state index is 0.628. The molecule has 0 bridgehead atoms. The van der Waals surface area contributed by atoms with Crippen molar-refractivity contribution in [1.82, 2.24) is 9.55 Å². The predicted octanol–water partition coefficient (Wildman–Crippen LogP) is 4.65. The van der Waals surface area contributed by atoms with Crippen LogP contribution in [-0.4, -0.2) is 9.55 Å². The van der Waals surface area contributed by atoms with E-state index in [9.17, 15) is 0 Å². The SMILES string of the molecule is CCCn1cc(C)nc1Nc1cc(Cl)ccc1Cl. The van der Waals surface area contributed by atoms with Crippen molar-refractivity contribution in [2.45, 2.75) is 26.8 Å². The van der Waals surface area contributed by atoms with Crippen molar-refractivity contribution in [3.8, 4) is 0 Å². The minimum Gasteiger partial charge on any atom is -0.324 e. The summed E-state index contributed by atoms with van der Waals surface area (Å²) in [6.45, 7) is 5.02. The summed E-state index contributed by atoms with van der Waals surface area (Å²) in [6, 6.07) is 5.33. The number of halogens is 2. The lowest BCUT2D eigenvalue weighted by Gasteiger charge is -2.10. The zero-order chi connectivity index (χ0) is 13.1. The molecule has 3 nitrogen and oxygen atoms in total. The second kappa shape index (κ2) is 5.63. The van der Waals surface area contributed by atoms with Gasteiger partial charge in [0.2, 0.25) is 5.95 Å². The molecule has 0 atom stereocenters. The molecule has 0 aliphatic rings. The molecule has 0 saturated heterocycles. The topological polar surface area (TPSA) is 29.9 Å². The van der Waals surface area contributed by atoms with E-state index in [-0.39, 0.29) is 0 Å². The minimum atomic E-state index is 0.628. The zero-order valence-corrected chi connectivity index (χ0v) is 11.9. The van der Waals surface area contributed by atoms with Crippen LogP contribution in [-0.2, 0) is 6.54 Å². The zero-order valence-electron chi connectivity index (χ0n) is 10.4. The highest BCUT2D eigenvalue weighted by molar-refractivity contribution is 6.35. The van der Waals surface area contributed by atoms with E-state index in [2.05, 4.69) is 21.8 Å². The van der Waals surface area contributed by atoms with Crippen molar-refractivity contribution >= 4 is 34.8 Å². The molecule has 0 fully saturated rings. The number of nitrogens with one attached hydrogen (secondary N) is 1. The van der Waals surface area contributed by atoms with Crippen LogP contribution >= 0.6 is 23.2 Å². The monoisotopic (exact) mass is 283 g/mol. The summed E-state index contributed by atoms with van der Waals surface area (Å²) in [5, 5.41) is 4.50. The lowest BCUT2D eigenvalue weighted by molar-refractivity contribution is 0.686. The Labute approximate surface area is 117 Å². The summed E-state index contributed by atoms with van der Waals surface area (Å²) in [6.07, 6.45) is 3.07. The van der Waals surface area contributed by atoms with Gasteiger partial charge in [-0.2, -0.15) is 0 Å². The van der Waals surface area contributed by atoms with Crippen LogP contribution in [0.25, 0.3) is 0 Å². The van der Waals surface area contributed by atoms with Crippen molar-refractivity contribution < 1.29 is 0 Å². The molecule has 0 amide bonds. The van der Waals surface area contributed by atoms with Crippen LogP contribution in [0.1, 0.15) is 19.0 Å². The van der Waals surface area contributed by atoms with E-state index in [1.807, 2.05) is 13.1 Å². The molecule has 1 heterocycles. The Balaban J connectivity index is 2.30. The molecular formula is C13H15Cl2N3. The molecule has 0 unspecified atom stereocenters. The smallest absolute Gasteiger partial charge is 0.207 e. The van der Waals surface area contributed by atoms with Crippen molar-refractivity contribution in [3.05, 3.63) is 40.1 Å². The number of rotatable bonds is 4. The average molecular weight is 284 g/mol. The molecule has 0 aliphatic carbocycles. The Hall–Kier alpha value is -1.19. The van der Waals surface area contributed by atoms with Gasteiger partial charge in [0.15, 0.2) is 0 Å². The molecule has 1 aromatic carbocycles. The van der Waals surface area contributed by atoms with Gasteiger partial charge in [0, 0.05) is 17.8 Å². The molecule has 2 aromatic rings. The number of hydrogen-bond acceptors (Lipinski definition) is 2. The third kappa shape index (κ3) is 2.98. The van der Waals surface area contributed by atoms with E-state index in [1.54, 1.807) is 18.2 Å². The molecule has 0 radical (unpaired) electrons. The standard InChI is InChI=1S/C13H15Cl2N3/c1-3-6-18-8-9(2)16-13(18)17-12-7-10(14)4-5-11(12)15/h4-5,7-8H,3,6H2,1-2H3,(H,16,17). The third-order valence-corrected chi connectivity index (χ3v) is 3.10. The molecule has 0 spiro atoms. The summed E-state index contributed by atoms with van der Waals surface area (Å²) in [4.78, 5) is 4.45. The van der Waals surface area contributed by atoms with Gasteiger partial charge in [-0.1, -0.05) is 30.1 Å². The third-order valence-electron chi connectivity index (χ3n) is 2.54. The van der Waals surface area contributed by atoms with Gasteiger partial charge in [-0.15, -0.1) is 0 Å². The molecule has 0 aliphatic heterocycles. The fourth-order valence-electron chi connectivity index (χ4n) is 1.77. The quantitative estimate of drug-likeness (QED) is 0.885. The summed E-state index contributed by atoms with van der Waals surface area (Å²) in [5.74, 6) is 0.790. The Bertz CT molecular complexity index is 549. The molecule has 96 valence electrons. The summed E-state index contributed by atoms with van der Waals surface area (Å²) in [5.41, 5.74) is 1.75. The molecular weight excluding hydrogens is 269 g/mol. The van der Waals surface area contributed by atoms with E-state index < -0.39 is 0 Å². The summed E-state index contributed by atoms with van der Waals surface area (Å²) in [7, 11) is 0. The van der Waals surface area contributed by atoms with Crippen LogP contribution < -0.4 is 5.32 Å². The highest BCUT2D eigenvalue weighted by atomic mass is 35.5. The Morgan fingerprint density at radius 3 is 2.83 bits per heavy atom. The van der Waals surface area contributed by atoms with Gasteiger partial charge >= 0.3 is 0 Å². The number of aryl methyl sites for hydroxylation is 2. The first kappa shape index (κ1) is 13.2. The van der Waals surface area contributed by atoms with Crippen molar-refractivity contribution in [1.29, 1.82) is 0 Å². The fourth-order valence-corrected chi connectivity index (χ4v) is 2.11. The summed E-state index contributed by atoms with van der Waals surface area (Å²) >= 11 is 12.1. The predicted molar refractivity (Wildman–Crippen MR) is 77.0 cm³/mol. The van der Waals surface area contributed by atoms with E-state index in [4.69, 9.17) is 23.2 Å². The van der Waals surface area contributed by atoms with E-state index in [0.717, 1.165) is 30.3 Å². The number of hydrogen-bond donors (Lipinski definition) is 1. The summed E-state index contributed by atoms with van der Waals surface area (Å²) < 4.78 is 2.08. The maximum absolute atomic E-state index is 6.12. The molecule has 0 saturated carbocycles. The van der Waals surface area contributed by atoms with Gasteiger partial charge in [-0.05, 0) is 31.5 Å². The van der Waals surface area contributed by atoms with E-state index in [1.165, 1.54) is 0 Å². The highest BCUT2D eigenvalue weighted by Gasteiger charge is 2.08. The first-order valence-corrected chi connectivity index (χ1v) is 6.61. The van der Waals surface area contributed by atoms with Gasteiger partial charge < -0.3 is 9.88 Å². The molecule has 1 aromatic heterocycles. The van der Waals surface area contributed by atoms with E-state index >= 15 is 0 Å². The Morgan fingerprint density at radius 2 is 2.11 bits per heavy atom. The lowest BCUT2D eigenvalue weighted by Crippen LogP contribution is -2.03. The van der Waals surface area contributed by atoms with Crippen molar-refractivity contribution in [2.24, 2.45) is 0 Å². The second-order valence-corrected chi connectivity index (χ2v) is 4.99. The average Bonchev–Trinajstić information content (AvgIpc) is 2.65. The van der Waals surface area contributed by atoms with Crippen LogP contribution in [0.4, 0.5) is 11.6 Å². The number of nitrogens with zero attached hydrogens (tertiary/aromatic N) is 2. The Kier molecular flexibility index (Phi) is 4.15. The maximum Gasteiger partial charge on any atom is 0.207 e. The maximum atomic E-state index is 6.12. The number of imidazole rings is 1. The first-order valence-electron chi connectivity index (χ1n) is 5.86. The highest BCUT2D eigenvalue weighted by Crippen LogP contribution is 2.28. The second-order valence-electron chi connectivity index (χ2n) is 4.15. The van der Waals surface area contributed by atoms with Crippen molar-refractivity contribution in [2.75, 3.05) is 5.32 Å². The largest absolute Gasteiger partial charge is 0.324 e.